The van der Waals surface area contributed by atoms with Crippen molar-refractivity contribution in [2.24, 2.45) is 11.5 Å². The zero-order valence-electron chi connectivity index (χ0n) is 23.7. The van der Waals surface area contributed by atoms with E-state index in [4.69, 9.17) is 11.5 Å². The summed E-state index contributed by atoms with van der Waals surface area (Å²) in [5, 5.41) is 15.0. The molecule has 3 rings (SSSR count). The molecule has 42 heavy (non-hydrogen) atoms. The number of hydrogen-bond donors (Lipinski definition) is 5. The van der Waals surface area contributed by atoms with E-state index in [0.29, 0.717) is 17.2 Å². The van der Waals surface area contributed by atoms with Crippen molar-refractivity contribution in [3.05, 3.63) is 100.0 Å². The highest BCUT2D eigenvalue weighted by atomic mass is 32.2. The van der Waals surface area contributed by atoms with Crippen LogP contribution < -0.4 is 26.8 Å². The predicted molar refractivity (Wildman–Crippen MR) is 165 cm³/mol. The standard InChI is InChI=1S/C29H37N7O4S2/c1-20(36-42(2,39)40)23-12-8-11-22(17-23)19-26(37)32-25(31)16-15-24(30)13-6-7-14-28-34-35-29(41-28)33-27(38)18-21-9-4-3-5-10-21/h3-5,8-12,15-17,20,36H,6-7,13-14,18-19,30-31H2,1-2H3,(H,32,37)(H,33,35,38)/b24-15-,25-16+. The molecule has 2 amide bonds. The van der Waals surface area contributed by atoms with Gasteiger partial charge in [0.1, 0.15) is 10.8 Å². The van der Waals surface area contributed by atoms with Crippen LogP contribution in [0.2, 0.25) is 0 Å². The second kappa shape index (κ2) is 15.8. The summed E-state index contributed by atoms with van der Waals surface area (Å²) >= 11 is 1.36. The quantitative estimate of drug-likeness (QED) is 0.128. The number of allylic oxidation sites excluding steroid dienone is 3. The molecule has 0 aliphatic heterocycles. The van der Waals surface area contributed by atoms with Crippen LogP contribution in [0.15, 0.2) is 78.3 Å². The fourth-order valence-electron chi connectivity index (χ4n) is 4.03. The Hall–Kier alpha value is -4.07. The smallest absolute Gasteiger partial charge is 0.230 e. The van der Waals surface area contributed by atoms with Gasteiger partial charge in [-0.1, -0.05) is 65.9 Å². The maximum Gasteiger partial charge on any atom is 0.230 e. The molecule has 13 heteroatoms. The minimum absolute atomic E-state index is 0.0806. The van der Waals surface area contributed by atoms with Gasteiger partial charge in [-0.2, -0.15) is 0 Å². The molecule has 0 saturated carbocycles. The van der Waals surface area contributed by atoms with Crippen molar-refractivity contribution < 1.29 is 18.0 Å². The molecule has 2 aromatic carbocycles. The second-order valence-corrected chi connectivity index (χ2v) is 12.7. The number of rotatable bonds is 15. The SMILES string of the molecule is CC(NS(C)(=O)=O)c1cccc(CC(=O)N/C(N)=C/C=C(\N)CCCCc2nnc(NC(=O)Cc3ccccc3)s2)c1. The molecule has 7 N–H and O–H groups in total. The summed E-state index contributed by atoms with van der Waals surface area (Å²) in [5.41, 5.74) is 15.1. The third kappa shape index (κ3) is 12.2. The van der Waals surface area contributed by atoms with E-state index in [1.165, 1.54) is 11.3 Å². The lowest BCUT2D eigenvalue weighted by atomic mass is 10.0. The van der Waals surface area contributed by atoms with Crippen molar-refractivity contribution >= 4 is 38.3 Å². The van der Waals surface area contributed by atoms with E-state index in [-0.39, 0.29) is 30.5 Å². The highest BCUT2D eigenvalue weighted by Gasteiger charge is 2.13. The number of unbranched alkanes of at least 4 members (excludes halogenated alkanes) is 1. The minimum Gasteiger partial charge on any atom is -0.402 e. The summed E-state index contributed by atoms with van der Waals surface area (Å²) in [7, 11) is -3.35. The molecule has 224 valence electrons. The van der Waals surface area contributed by atoms with Gasteiger partial charge in [0.15, 0.2) is 0 Å². The molecular weight excluding hydrogens is 574 g/mol. The maximum atomic E-state index is 12.4. The number of hydrogen-bond acceptors (Lipinski definition) is 9. The highest BCUT2D eigenvalue weighted by Crippen LogP contribution is 2.19. The van der Waals surface area contributed by atoms with Crippen LogP contribution in [0.25, 0.3) is 0 Å². The number of nitrogens with zero attached hydrogens (tertiary/aromatic N) is 2. The van der Waals surface area contributed by atoms with E-state index in [9.17, 15) is 18.0 Å². The molecule has 0 aliphatic rings. The molecule has 0 bridgehead atoms. The summed E-state index contributed by atoms with van der Waals surface area (Å²) < 4.78 is 25.5. The molecule has 11 nitrogen and oxygen atoms in total. The first kappa shape index (κ1) is 32.4. The van der Waals surface area contributed by atoms with E-state index < -0.39 is 16.1 Å². The Kier molecular flexibility index (Phi) is 12.2. The van der Waals surface area contributed by atoms with Gasteiger partial charge in [-0.3, -0.25) is 9.59 Å². The first-order valence-corrected chi connectivity index (χ1v) is 16.1. The number of anilines is 1. The first-order valence-electron chi connectivity index (χ1n) is 13.4. The van der Waals surface area contributed by atoms with Gasteiger partial charge in [0.05, 0.1) is 19.1 Å². The van der Waals surface area contributed by atoms with Crippen LogP contribution in [-0.4, -0.2) is 36.7 Å². The van der Waals surface area contributed by atoms with E-state index in [0.717, 1.165) is 47.2 Å². The summed E-state index contributed by atoms with van der Waals surface area (Å²) in [6.45, 7) is 1.74. The van der Waals surface area contributed by atoms with Crippen molar-refractivity contribution in [2.75, 3.05) is 11.6 Å². The number of nitrogens with one attached hydrogen (secondary N) is 3. The number of nitrogens with two attached hydrogens (primary N) is 2. The lowest BCUT2D eigenvalue weighted by molar-refractivity contribution is -0.119. The van der Waals surface area contributed by atoms with E-state index in [1.54, 1.807) is 43.3 Å². The molecule has 0 radical (unpaired) electrons. The van der Waals surface area contributed by atoms with E-state index in [1.807, 2.05) is 30.3 Å². The molecule has 1 aromatic heterocycles. The Balaban J connectivity index is 1.37. The predicted octanol–water partition coefficient (Wildman–Crippen LogP) is 3.04. The third-order valence-electron chi connectivity index (χ3n) is 5.99. The Morgan fingerprint density at radius 2 is 1.67 bits per heavy atom. The summed E-state index contributed by atoms with van der Waals surface area (Å²) in [6.07, 6.45) is 7.71. The van der Waals surface area contributed by atoms with Gasteiger partial charge >= 0.3 is 0 Å². The minimum atomic E-state index is -3.35. The van der Waals surface area contributed by atoms with Crippen LogP contribution in [0.4, 0.5) is 5.13 Å². The van der Waals surface area contributed by atoms with Gasteiger partial charge in [-0.25, -0.2) is 13.1 Å². The third-order valence-corrected chi connectivity index (χ3v) is 7.67. The molecule has 0 saturated heterocycles. The fraction of sp³-hybridized carbons (Fsp3) is 0.310. The van der Waals surface area contributed by atoms with Crippen molar-refractivity contribution in [2.45, 2.75) is 51.5 Å². The Labute approximate surface area is 250 Å². The number of aryl methyl sites for hydroxylation is 1. The zero-order chi connectivity index (χ0) is 30.5. The largest absolute Gasteiger partial charge is 0.402 e. The normalized spacial score (nSPS) is 13.0. The van der Waals surface area contributed by atoms with Crippen LogP contribution in [0.5, 0.6) is 0 Å². The molecule has 0 aliphatic carbocycles. The van der Waals surface area contributed by atoms with Gasteiger partial charge in [-0.05, 0) is 55.0 Å². The summed E-state index contributed by atoms with van der Waals surface area (Å²) in [4.78, 5) is 24.6. The first-order chi connectivity index (χ1) is 20.0. The van der Waals surface area contributed by atoms with E-state index >= 15 is 0 Å². The Bertz CT molecular complexity index is 1520. The molecule has 1 atom stereocenters. The molecule has 0 spiro atoms. The molecular formula is C29H37N7O4S2. The average Bonchev–Trinajstić information content (AvgIpc) is 3.36. The lowest BCUT2D eigenvalue weighted by Gasteiger charge is -2.14. The number of sulfonamides is 1. The lowest BCUT2D eigenvalue weighted by Crippen LogP contribution is -2.29. The van der Waals surface area contributed by atoms with Crippen molar-refractivity contribution in [1.82, 2.24) is 20.2 Å². The van der Waals surface area contributed by atoms with Gasteiger partial charge < -0.3 is 22.1 Å². The second-order valence-electron chi connectivity index (χ2n) is 9.86. The highest BCUT2D eigenvalue weighted by molar-refractivity contribution is 7.88. The fourth-order valence-corrected chi connectivity index (χ4v) is 5.61. The van der Waals surface area contributed by atoms with Crippen LogP contribution in [0.3, 0.4) is 0 Å². The van der Waals surface area contributed by atoms with Crippen LogP contribution in [-0.2, 0) is 38.9 Å². The summed E-state index contributed by atoms with van der Waals surface area (Å²) in [5.74, 6) is -0.264. The monoisotopic (exact) mass is 611 g/mol. The van der Waals surface area contributed by atoms with Gasteiger partial charge in [0, 0.05) is 18.2 Å². The van der Waals surface area contributed by atoms with Crippen LogP contribution in [0, 0.1) is 0 Å². The van der Waals surface area contributed by atoms with Crippen molar-refractivity contribution in [3.63, 3.8) is 0 Å². The number of amides is 2. The zero-order valence-corrected chi connectivity index (χ0v) is 25.3. The molecule has 1 heterocycles. The van der Waals surface area contributed by atoms with Crippen LogP contribution >= 0.6 is 11.3 Å². The number of benzene rings is 2. The topological polar surface area (TPSA) is 182 Å². The number of aromatic nitrogens is 2. The van der Waals surface area contributed by atoms with Gasteiger partial charge in [0.25, 0.3) is 0 Å². The average molecular weight is 612 g/mol. The van der Waals surface area contributed by atoms with Gasteiger partial charge in [0.2, 0.25) is 27.0 Å². The van der Waals surface area contributed by atoms with Crippen molar-refractivity contribution in [3.8, 4) is 0 Å². The Morgan fingerprint density at radius 1 is 0.952 bits per heavy atom. The van der Waals surface area contributed by atoms with Crippen molar-refractivity contribution in [1.29, 1.82) is 0 Å². The number of carbonyl (C=O) groups is 2. The maximum absolute atomic E-state index is 12.4. The van der Waals surface area contributed by atoms with Crippen LogP contribution in [0.1, 0.15) is 53.9 Å². The van der Waals surface area contributed by atoms with Gasteiger partial charge in [-0.15, -0.1) is 10.2 Å². The molecule has 1 unspecified atom stereocenters. The molecule has 0 fully saturated rings. The van der Waals surface area contributed by atoms with E-state index in [2.05, 4.69) is 25.6 Å². The number of carbonyl (C=O) groups excluding carboxylic acids is 2. The Morgan fingerprint density at radius 3 is 2.40 bits per heavy atom. The molecule has 3 aromatic rings. The summed E-state index contributed by atoms with van der Waals surface area (Å²) in [6, 6.07) is 16.2.